The van der Waals surface area contributed by atoms with Gasteiger partial charge in [0.1, 0.15) is 27.4 Å². The minimum Gasteiger partial charge on any atom is -0.444 e. The quantitative estimate of drug-likeness (QED) is 0.595. The van der Waals surface area contributed by atoms with Gasteiger partial charge in [0.05, 0.1) is 18.7 Å². The first-order valence-electron chi connectivity index (χ1n) is 10.3. The summed E-state index contributed by atoms with van der Waals surface area (Å²) in [4.78, 5) is 28.4. The SMILES string of the molecule is COC[C@H]1C[C@H](n2nc(Br)c(C#N)c2N(C)C(=O)OC(C)(C)C)CN1C(=O)OC(C)(C)C. The summed E-state index contributed by atoms with van der Waals surface area (Å²) in [6.45, 7) is 11.3. The van der Waals surface area contributed by atoms with Crippen molar-refractivity contribution in [1.82, 2.24) is 14.7 Å². The second-order valence-electron chi connectivity index (χ2n) is 9.72. The third-order valence-corrected chi connectivity index (χ3v) is 5.22. The van der Waals surface area contributed by atoms with E-state index in [1.165, 1.54) is 11.9 Å². The smallest absolute Gasteiger partial charge is 0.415 e. The Hall–Kier alpha value is -2.32. The second kappa shape index (κ2) is 9.67. The summed E-state index contributed by atoms with van der Waals surface area (Å²) in [6.07, 6.45) is -0.546. The normalized spacial score (nSPS) is 18.9. The number of ether oxygens (including phenoxy) is 3. The van der Waals surface area contributed by atoms with Gasteiger partial charge < -0.3 is 19.1 Å². The molecule has 1 fully saturated rings. The number of carbonyl (C=O) groups is 2. The van der Waals surface area contributed by atoms with E-state index < -0.39 is 23.4 Å². The number of likely N-dealkylation sites (tertiary alicyclic amines) is 1. The molecule has 178 valence electrons. The third kappa shape index (κ3) is 6.13. The van der Waals surface area contributed by atoms with Crippen LogP contribution in [0.1, 0.15) is 59.6 Å². The molecule has 2 heterocycles. The van der Waals surface area contributed by atoms with Crippen molar-refractivity contribution in [1.29, 1.82) is 5.26 Å². The lowest BCUT2D eigenvalue weighted by atomic mass is 10.2. The number of anilines is 1. The Labute approximate surface area is 197 Å². The number of amides is 2. The fraction of sp³-hybridized carbons (Fsp3) is 0.714. The van der Waals surface area contributed by atoms with Crippen molar-refractivity contribution >= 4 is 33.9 Å². The molecule has 0 aromatic carbocycles. The second-order valence-corrected chi connectivity index (χ2v) is 10.5. The molecule has 32 heavy (non-hydrogen) atoms. The van der Waals surface area contributed by atoms with Crippen molar-refractivity contribution in [2.75, 3.05) is 32.2 Å². The van der Waals surface area contributed by atoms with E-state index in [1.807, 2.05) is 20.8 Å². The monoisotopic (exact) mass is 513 g/mol. The van der Waals surface area contributed by atoms with Crippen molar-refractivity contribution in [2.45, 2.75) is 71.2 Å². The van der Waals surface area contributed by atoms with E-state index in [9.17, 15) is 14.9 Å². The maximum absolute atomic E-state index is 12.8. The van der Waals surface area contributed by atoms with E-state index in [4.69, 9.17) is 14.2 Å². The summed E-state index contributed by atoms with van der Waals surface area (Å²) in [5.74, 6) is 0.292. The molecule has 1 aromatic rings. The third-order valence-electron chi connectivity index (χ3n) is 4.66. The van der Waals surface area contributed by atoms with Crippen LogP contribution in [0.25, 0.3) is 0 Å². The standard InChI is InChI=1S/C21H32BrN5O5/c1-20(2,3)31-18(28)25(7)17-15(10-23)16(22)24-27(17)13-9-14(12-30-8)26(11-13)19(29)32-21(4,5)6/h13-14H,9,11-12H2,1-8H3/t13-,14+/m0/s1. The van der Waals surface area contributed by atoms with Crippen LogP contribution in [0.4, 0.5) is 15.4 Å². The number of hydrogen-bond donors (Lipinski definition) is 0. The largest absolute Gasteiger partial charge is 0.444 e. The topological polar surface area (TPSA) is 110 Å². The number of methoxy groups -OCH3 is 1. The molecule has 0 radical (unpaired) electrons. The van der Waals surface area contributed by atoms with Crippen LogP contribution in [0.15, 0.2) is 4.60 Å². The first-order valence-corrected chi connectivity index (χ1v) is 11.1. The van der Waals surface area contributed by atoms with E-state index in [-0.39, 0.29) is 24.2 Å². The van der Waals surface area contributed by atoms with Gasteiger partial charge in [0, 0.05) is 20.7 Å². The number of halogens is 1. The Morgan fingerprint density at radius 2 is 1.81 bits per heavy atom. The molecule has 0 bridgehead atoms. The van der Waals surface area contributed by atoms with Crippen molar-refractivity contribution in [3.8, 4) is 6.07 Å². The van der Waals surface area contributed by atoms with Crippen LogP contribution in [0.5, 0.6) is 0 Å². The Bertz CT molecular complexity index is 896. The number of aromatic nitrogens is 2. The first kappa shape index (κ1) is 25.9. The summed E-state index contributed by atoms with van der Waals surface area (Å²) >= 11 is 3.32. The molecule has 10 nitrogen and oxygen atoms in total. The highest BCUT2D eigenvalue weighted by molar-refractivity contribution is 9.10. The molecular formula is C21H32BrN5O5. The molecule has 1 aromatic heterocycles. The average molecular weight is 514 g/mol. The van der Waals surface area contributed by atoms with Gasteiger partial charge in [-0.05, 0) is 63.9 Å². The van der Waals surface area contributed by atoms with Gasteiger partial charge in [-0.3, -0.25) is 4.90 Å². The van der Waals surface area contributed by atoms with E-state index in [0.717, 1.165) is 0 Å². The lowest BCUT2D eigenvalue weighted by molar-refractivity contribution is 0.0145. The van der Waals surface area contributed by atoms with Gasteiger partial charge in [-0.15, -0.1) is 0 Å². The highest BCUT2D eigenvalue weighted by atomic mass is 79.9. The number of hydrogen-bond acceptors (Lipinski definition) is 7. The number of carbonyl (C=O) groups excluding carboxylic acids is 2. The number of nitriles is 1. The fourth-order valence-electron chi connectivity index (χ4n) is 3.45. The zero-order valence-electron chi connectivity index (χ0n) is 19.9. The summed E-state index contributed by atoms with van der Waals surface area (Å²) in [5.41, 5.74) is -1.14. The molecule has 0 N–H and O–H groups in total. The van der Waals surface area contributed by atoms with Gasteiger partial charge in [0.2, 0.25) is 0 Å². The van der Waals surface area contributed by atoms with E-state index in [1.54, 1.807) is 37.5 Å². The van der Waals surface area contributed by atoms with Crippen molar-refractivity contribution in [3.63, 3.8) is 0 Å². The average Bonchev–Trinajstić information content (AvgIpc) is 3.19. The zero-order chi connectivity index (χ0) is 24.4. The lowest BCUT2D eigenvalue weighted by Crippen LogP contribution is -2.41. The molecule has 1 aliphatic heterocycles. The van der Waals surface area contributed by atoms with E-state index in [0.29, 0.717) is 23.4 Å². The van der Waals surface area contributed by atoms with Crippen LogP contribution >= 0.6 is 15.9 Å². The van der Waals surface area contributed by atoms with Gasteiger partial charge in [0.25, 0.3) is 0 Å². The van der Waals surface area contributed by atoms with Gasteiger partial charge in [-0.1, -0.05) is 0 Å². The van der Waals surface area contributed by atoms with E-state index in [2.05, 4.69) is 27.1 Å². The Morgan fingerprint density at radius 3 is 2.31 bits per heavy atom. The van der Waals surface area contributed by atoms with E-state index >= 15 is 0 Å². The Morgan fingerprint density at radius 1 is 1.22 bits per heavy atom. The first-order chi connectivity index (χ1) is 14.7. The van der Waals surface area contributed by atoms with Crippen molar-refractivity contribution in [3.05, 3.63) is 10.2 Å². The molecule has 0 aliphatic carbocycles. The zero-order valence-corrected chi connectivity index (χ0v) is 21.5. The summed E-state index contributed by atoms with van der Waals surface area (Å²) in [6, 6.07) is 1.55. The maximum Gasteiger partial charge on any atom is 0.415 e. The molecule has 2 amide bonds. The van der Waals surface area contributed by atoms with Gasteiger partial charge in [-0.25, -0.2) is 14.3 Å². The highest BCUT2D eigenvalue weighted by Gasteiger charge is 2.41. The summed E-state index contributed by atoms with van der Waals surface area (Å²) in [7, 11) is 3.10. The Balaban J connectivity index is 2.41. The molecule has 0 unspecified atom stereocenters. The molecule has 2 atom stereocenters. The minimum absolute atomic E-state index is 0.206. The summed E-state index contributed by atoms with van der Waals surface area (Å²) in [5, 5.41) is 14.2. The van der Waals surface area contributed by atoms with Crippen molar-refractivity contribution in [2.24, 2.45) is 0 Å². The van der Waals surface area contributed by atoms with Gasteiger partial charge in [0.15, 0.2) is 5.82 Å². The molecule has 1 aliphatic rings. The Kier molecular flexibility index (Phi) is 7.83. The predicted molar refractivity (Wildman–Crippen MR) is 122 cm³/mol. The molecule has 1 saturated heterocycles. The molecule has 0 spiro atoms. The number of nitrogens with zero attached hydrogens (tertiary/aromatic N) is 5. The van der Waals surface area contributed by atoms with Crippen LogP contribution < -0.4 is 4.90 Å². The molecule has 11 heteroatoms. The van der Waals surface area contributed by atoms with Crippen LogP contribution in [-0.4, -0.2) is 71.4 Å². The highest BCUT2D eigenvalue weighted by Crippen LogP contribution is 2.36. The molecule has 0 saturated carbocycles. The van der Waals surface area contributed by atoms with Crippen LogP contribution in [0.3, 0.4) is 0 Å². The van der Waals surface area contributed by atoms with Crippen LogP contribution in [-0.2, 0) is 14.2 Å². The molecule has 2 rings (SSSR count). The fourth-order valence-corrected chi connectivity index (χ4v) is 3.89. The number of rotatable bonds is 4. The van der Waals surface area contributed by atoms with Crippen LogP contribution in [0, 0.1) is 11.3 Å². The summed E-state index contributed by atoms with van der Waals surface area (Å²) < 4.78 is 18.3. The van der Waals surface area contributed by atoms with Gasteiger partial charge in [-0.2, -0.15) is 10.4 Å². The van der Waals surface area contributed by atoms with Gasteiger partial charge >= 0.3 is 12.2 Å². The van der Waals surface area contributed by atoms with Crippen LogP contribution in [0.2, 0.25) is 0 Å². The van der Waals surface area contributed by atoms with Crippen molar-refractivity contribution < 1.29 is 23.8 Å². The lowest BCUT2D eigenvalue weighted by Gasteiger charge is -2.28. The predicted octanol–water partition coefficient (Wildman–Crippen LogP) is 4.09. The molecular weight excluding hydrogens is 482 g/mol. The maximum atomic E-state index is 12.8. The minimum atomic E-state index is -0.704.